The maximum absolute atomic E-state index is 12.5. The fourth-order valence-electron chi connectivity index (χ4n) is 3.17. The minimum absolute atomic E-state index is 0.192. The smallest absolute Gasteiger partial charge is 0.255 e. The lowest BCUT2D eigenvalue weighted by Gasteiger charge is -2.10. The summed E-state index contributed by atoms with van der Waals surface area (Å²) in [4.78, 5) is 19.2. The third-order valence-corrected chi connectivity index (χ3v) is 6.01. The van der Waals surface area contributed by atoms with Gasteiger partial charge in [0.25, 0.3) is 5.91 Å². The van der Waals surface area contributed by atoms with Crippen LogP contribution < -0.4 is 21.1 Å². The average Bonchev–Trinajstić information content (AvgIpc) is 3.21. The van der Waals surface area contributed by atoms with Crippen LogP contribution in [0.1, 0.15) is 15.9 Å². The predicted molar refractivity (Wildman–Crippen MR) is 136 cm³/mol. The van der Waals surface area contributed by atoms with Crippen LogP contribution in [0, 0.1) is 0 Å². The summed E-state index contributed by atoms with van der Waals surface area (Å²) in [5.41, 5.74) is 9.61. The van der Waals surface area contributed by atoms with Crippen molar-refractivity contribution in [3.63, 3.8) is 0 Å². The highest BCUT2D eigenvalue weighted by atomic mass is 32.1. The maximum Gasteiger partial charge on any atom is 0.255 e. The van der Waals surface area contributed by atoms with Crippen molar-refractivity contribution in [1.29, 1.82) is 0 Å². The van der Waals surface area contributed by atoms with Gasteiger partial charge in [0.05, 0.1) is 21.6 Å². The lowest BCUT2D eigenvalue weighted by molar-refractivity contribution is 0.102. The van der Waals surface area contributed by atoms with E-state index in [9.17, 15) is 4.79 Å². The number of nitrogens with two attached hydrogens (primary N) is 1. The summed E-state index contributed by atoms with van der Waals surface area (Å²) in [6, 6.07) is 20.6. The van der Waals surface area contributed by atoms with E-state index in [4.69, 9.17) is 10.5 Å². The van der Waals surface area contributed by atoms with Crippen LogP contribution in [0.15, 0.2) is 66.7 Å². The number of benzene rings is 3. The highest BCUT2D eigenvalue weighted by molar-refractivity contribution is 7.22. The van der Waals surface area contributed by atoms with Gasteiger partial charge in [0, 0.05) is 18.7 Å². The number of para-hydroxylation sites is 2. The van der Waals surface area contributed by atoms with Gasteiger partial charge < -0.3 is 26.0 Å². The number of likely N-dealkylation sites (N-methyl/N-ethyl adjacent to an activating group) is 1. The molecular weight excluding hydrogens is 434 g/mol. The molecule has 0 aliphatic heterocycles. The SMILES string of the molecule is CN(C)CCOc1ccc2nc(NCc3ccc(C(=O)Nc4ccccc4N)cc3)sc2c1. The summed E-state index contributed by atoms with van der Waals surface area (Å²) < 4.78 is 6.89. The maximum atomic E-state index is 12.5. The number of thiazole rings is 1. The third-order valence-electron chi connectivity index (χ3n) is 5.04. The fraction of sp³-hybridized carbons (Fsp3) is 0.200. The zero-order valence-electron chi connectivity index (χ0n) is 18.7. The predicted octanol–water partition coefficient (Wildman–Crippen LogP) is 4.68. The minimum Gasteiger partial charge on any atom is -0.492 e. The van der Waals surface area contributed by atoms with Gasteiger partial charge in [-0.05, 0) is 62.1 Å². The zero-order valence-corrected chi connectivity index (χ0v) is 19.5. The molecule has 0 fully saturated rings. The molecule has 0 unspecified atom stereocenters. The molecule has 7 nitrogen and oxygen atoms in total. The van der Waals surface area contributed by atoms with E-state index in [1.807, 2.05) is 56.6 Å². The first-order valence-electron chi connectivity index (χ1n) is 10.6. The van der Waals surface area contributed by atoms with E-state index >= 15 is 0 Å². The van der Waals surface area contributed by atoms with Crippen molar-refractivity contribution in [2.24, 2.45) is 0 Å². The Morgan fingerprint density at radius 1 is 1.09 bits per heavy atom. The first-order valence-corrected chi connectivity index (χ1v) is 11.5. The Morgan fingerprint density at radius 3 is 2.64 bits per heavy atom. The summed E-state index contributed by atoms with van der Waals surface area (Å²) in [5.74, 6) is 0.660. The van der Waals surface area contributed by atoms with E-state index in [1.165, 1.54) is 0 Å². The number of nitrogens with one attached hydrogen (secondary N) is 2. The number of hydrogen-bond donors (Lipinski definition) is 3. The molecule has 4 aromatic rings. The van der Waals surface area contributed by atoms with Crippen LogP contribution >= 0.6 is 11.3 Å². The van der Waals surface area contributed by atoms with Crippen molar-refractivity contribution >= 4 is 44.0 Å². The first-order chi connectivity index (χ1) is 16.0. The molecule has 0 aliphatic rings. The lowest BCUT2D eigenvalue weighted by atomic mass is 10.1. The molecule has 4 N–H and O–H groups in total. The van der Waals surface area contributed by atoms with Crippen LogP contribution in [0.3, 0.4) is 0 Å². The molecule has 1 aromatic heterocycles. The standard InChI is InChI=1S/C25H27N5O2S/c1-30(2)13-14-32-19-11-12-22-23(15-19)33-25(29-22)27-16-17-7-9-18(10-8-17)24(31)28-21-6-4-3-5-20(21)26/h3-12,15H,13-14,16,26H2,1-2H3,(H,27,29)(H,28,31). The van der Waals surface area contributed by atoms with Gasteiger partial charge >= 0.3 is 0 Å². The molecule has 3 aromatic carbocycles. The number of anilines is 3. The normalized spacial score (nSPS) is 11.0. The minimum atomic E-state index is -0.192. The summed E-state index contributed by atoms with van der Waals surface area (Å²) in [7, 11) is 4.05. The summed E-state index contributed by atoms with van der Waals surface area (Å²) in [5, 5.41) is 7.05. The molecule has 170 valence electrons. The highest BCUT2D eigenvalue weighted by Gasteiger charge is 2.09. The van der Waals surface area contributed by atoms with E-state index in [0.29, 0.717) is 30.1 Å². The largest absolute Gasteiger partial charge is 0.492 e. The van der Waals surface area contributed by atoms with E-state index < -0.39 is 0 Å². The quantitative estimate of drug-likeness (QED) is 0.313. The van der Waals surface area contributed by atoms with Gasteiger partial charge in [-0.25, -0.2) is 4.98 Å². The van der Waals surface area contributed by atoms with E-state index in [2.05, 4.69) is 20.5 Å². The molecule has 8 heteroatoms. The Morgan fingerprint density at radius 2 is 1.88 bits per heavy atom. The Kier molecular flexibility index (Phi) is 7.07. The Labute approximate surface area is 197 Å². The highest BCUT2D eigenvalue weighted by Crippen LogP contribution is 2.29. The van der Waals surface area contributed by atoms with Crippen molar-refractivity contribution in [2.75, 3.05) is 43.6 Å². The van der Waals surface area contributed by atoms with Crippen LogP contribution in [0.25, 0.3) is 10.2 Å². The molecule has 33 heavy (non-hydrogen) atoms. The fourth-order valence-corrected chi connectivity index (χ4v) is 4.06. The Hall–Kier alpha value is -3.62. The van der Waals surface area contributed by atoms with Crippen molar-refractivity contribution in [2.45, 2.75) is 6.54 Å². The van der Waals surface area contributed by atoms with Crippen molar-refractivity contribution in [1.82, 2.24) is 9.88 Å². The Bertz CT molecular complexity index is 1240. The van der Waals surface area contributed by atoms with Gasteiger partial charge in [-0.15, -0.1) is 0 Å². The topological polar surface area (TPSA) is 92.5 Å². The van der Waals surface area contributed by atoms with Gasteiger partial charge in [0.15, 0.2) is 5.13 Å². The molecule has 4 rings (SSSR count). The van der Waals surface area contributed by atoms with E-state index in [0.717, 1.165) is 33.2 Å². The number of nitrogen functional groups attached to an aromatic ring is 1. The molecule has 0 spiro atoms. The number of carbonyl (C=O) groups is 1. The molecule has 0 atom stereocenters. The van der Waals surface area contributed by atoms with Crippen molar-refractivity contribution in [3.05, 3.63) is 77.9 Å². The molecule has 0 aliphatic carbocycles. The zero-order chi connectivity index (χ0) is 23.2. The number of amides is 1. The first kappa shape index (κ1) is 22.6. The average molecular weight is 462 g/mol. The van der Waals surface area contributed by atoms with Crippen molar-refractivity contribution < 1.29 is 9.53 Å². The molecule has 0 bridgehead atoms. The van der Waals surface area contributed by atoms with Crippen LogP contribution in [-0.4, -0.2) is 43.0 Å². The van der Waals surface area contributed by atoms with Crippen LogP contribution in [0.4, 0.5) is 16.5 Å². The number of carbonyl (C=O) groups excluding carboxylic acids is 1. The van der Waals surface area contributed by atoms with Gasteiger partial charge in [-0.1, -0.05) is 35.6 Å². The monoisotopic (exact) mass is 461 g/mol. The lowest BCUT2D eigenvalue weighted by Crippen LogP contribution is -2.19. The molecule has 1 heterocycles. The van der Waals surface area contributed by atoms with Gasteiger partial charge in [0.2, 0.25) is 0 Å². The number of nitrogens with zero attached hydrogens (tertiary/aromatic N) is 2. The second-order valence-corrected chi connectivity index (χ2v) is 8.92. The summed E-state index contributed by atoms with van der Waals surface area (Å²) >= 11 is 1.59. The second kappa shape index (κ2) is 10.3. The number of fused-ring (bicyclic) bond motifs is 1. The van der Waals surface area contributed by atoms with Crippen LogP contribution in [0.5, 0.6) is 5.75 Å². The Balaban J connectivity index is 1.34. The summed E-state index contributed by atoms with van der Waals surface area (Å²) in [6.45, 7) is 2.13. The number of aromatic nitrogens is 1. The van der Waals surface area contributed by atoms with E-state index in [1.54, 1.807) is 35.6 Å². The molecule has 0 saturated heterocycles. The van der Waals surface area contributed by atoms with Crippen LogP contribution in [0.2, 0.25) is 0 Å². The van der Waals surface area contributed by atoms with Crippen LogP contribution in [-0.2, 0) is 6.54 Å². The molecule has 0 radical (unpaired) electrons. The third kappa shape index (κ3) is 6.00. The number of rotatable bonds is 9. The second-order valence-electron chi connectivity index (χ2n) is 7.89. The van der Waals surface area contributed by atoms with E-state index in [-0.39, 0.29) is 5.91 Å². The molecule has 0 saturated carbocycles. The number of ether oxygens (including phenoxy) is 1. The molecular formula is C25H27N5O2S. The summed E-state index contributed by atoms with van der Waals surface area (Å²) in [6.07, 6.45) is 0. The van der Waals surface area contributed by atoms with Gasteiger partial charge in [-0.3, -0.25) is 4.79 Å². The van der Waals surface area contributed by atoms with Crippen molar-refractivity contribution in [3.8, 4) is 5.75 Å². The number of hydrogen-bond acceptors (Lipinski definition) is 7. The van der Waals surface area contributed by atoms with Gasteiger partial charge in [-0.2, -0.15) is 0 Å². The molecule has 1 amide bonds. The van der Waals surface area contributed by atoms with Gasteiger partial charge in [0.1, 0.15) is 12.4 Å².